The zero-order valence-electron chi connectivity index (χ0n) is 7.91. The molecule has 1 heterocycles. The number of carboxylic acid groups (broad SMARTS) is 1. The maximum absolute atomic E-state index is 10.7. The maximum atomic E-state index is 10.7. The Labute approximate surface area is 110 Å². The van der Waals surface area contributed by atoms with E-state index in [9.17, 15) is 4.79 Å². The first-order chi connectivity index (χ1) is 7.58. The zero-order chi connectivity index (χ0) is 11.7. The van der Waals surface area contributed by atoms with Crippen molar-refractivity contribution in [1.29, 1.82) is 0 Å². The molecule has 0 saturated heterocycles. The smallest absolute Gasteiger partial charge is 0.335 e. The minimum absolute atomic E-state index is 0.198. The molecule has 0 amide bonds. The minimum Gasteiger partial charge on any atom is -0.478 e. The molecule has 0 unspecified atom stereocenters. The van der Waals surface area contributed by atoms with E-state index < -0.39 is 5.97 Å². The van der Waals surface area contributed by atoms with Gasteiger partial charge in [-0.2, -0.15) is 0 Å². The predicted octanol–water partition coefficient (Wildman–Crippen LogP) is 4.53. The van der Waals surface area contributed by atoms with Crippen LogP contribution in [0.3, 0.4) is 0 Å². The van der Waals surface area contributed by atoms with Gasteiger partial charge in [-0.3, -0.25) is 0 Å². The van der Waals surface area contributed by atoms with E-state index in [1.54, 1.807) is 23.5 Å². The van der Waals surface area contributed by atoms with Crippen molar-refractivity contribution in [2.75, 3.05) is 0 Å². The molecule has 0 radical (unpaired) electrons. The molecule has 16 heavy (non-hydrogen) atoms. The van der Waals surface area contributed by atoms with Crippen molar-refractivity contribution in [3.63, 3.8) is 0 Å². The van der Waals surface area contributed by atoms with Crippen LogP contribution in [0.15, 0.2) is 34.1 Å². The van der Waals surface area contributed by atoms with E-state index in [0.29, 0.717) is 5.02 Å². The fourth-order valence-electron chi connectivity index (χ4n) is 1.30. The second kappa shape index (κ2) is 4.57. The highest BCUT2D eigenvalue weighted by Gasteiger charge is 2.09. The van der Waals surface area contributed by atoms with Crippen molar-refractivity contribution < 1.29 is 9.90 Å². The minimum atomic E-state index is -0.971. The van der Waals surface area contributed by atoms with Gasteiger partial charge < -0.3 is 5.11 Å². The second-order valence-electron chi connectivity index (χ2n) is 3.13. The standard InChI is InChI=1S/C11H6BrClO2S/c12-7-4-10(16-5-7)8-2-1-6(11(14)15)3-9(8)13/h1-5H,(H,14,15). The Morgan fingerprint density at radius 1 is 1.38 bits per heavy atom. The topological polar surface area (TPSA) is 37.3 Å². The average Bonchev–Trinajstić information content (AvgIpc) is 2.64. The van der Waals surface area contributed by atoms with Crippen LogP contribution in [-0.4, -0.2) is 11.1 Å². The third-order valence-corrected chi connectivity index (χ3v) is 4.09. The van der Waals surface area contributed by atoms with Crippen LogP contribution in [0.2, 0.25) is 5.02 Å². The van der Waals surface area contributed by atoms with Gasteiger partial charge in [0.1, 0.15) is 0 Å². The first-order valence-corrected chi connectivity index (χ1v) is 6.40. The van der Waals surface area contributed by atoms with Gasteiger partial charge in [-0.25, -0.2) is 4.79 Å². The lowest BCUT2D eigenvalue weighted by atomic mass is 10.1. The van der Waals surface area contributed by atoms with Gasteiger partial charge in [0.15, 0.2) is 0 Å². The molecule has 5 heteroatoms. The number of thiophene rings is 1. The molecular formula is C11H6BrClO2S. The summed E-state index contributed by atoms with van der Waals surface area (Å²) in [7, 11) is 0. The van der Waals surface area contributed by atoms with Crippen LogP contribution in [0.25, 0.3) is 10.4 Å². The third kappa shape index (κ3) is 2.29. The van der Waals surface area contributed by atoms with Gasteiger partial charge in [-0.05, 0) is 34.1 Å². The molecule has 0 bridgehead atoms. The number of halogens is 2. The van der Waals surface area contributed by atoms with E-state index in [-0.39, 0.29) is 5.56 Å². The summed E-state index contributed by atoms with van der Waals surface area (Å²) in [6, 6.07) is 6.69. The van der Waals surface area contributed by atoms with Gasteiger partial charge in [-0.1, -0.05) is 17.7 Å². The first kappa shape index (κ1) is 11.6. The second-order valence-corrected chi connectivity index (χ2v) is 5.36. The Hall–Kier alpha value is -0.840. The fourth-order valence-corrected chi connectivity index (χ4v) is 3.11. The number of hydrogen-bond donors (Lipinski definition) is 1. The van der Waals surface area contributed by atoms with Crippen molar-refractivity contribution in [2.45, 2.75) is 0 Å². The van der Waals surface area contributed by atoms with Crippen molar-refractivity contribution in [3.05, 3.63) is 44.7 Å². The largest absolute Gasteiger partial charge is 0.478 e. The summed E-state index contributed by atoms with van der Waals surface area (Å²) >= 11 is 11.0. The molecule has 0 saturated carbocycles. The Kier molecular flexibility index (Phi) is 3.33. The molecular weight excluding hydrogens is 312 g/mol. The predicted molar refractivity (Wildman–Crippen MR) is 69.4 cm³/mol. The highest BCUT2D eigenvalue weighted by atomic mass is 79.9. The zero-order valence-corrected chi connectivity index (χ0v) is 11.1. The number of aromatic carboxylic acids is 1. The highest BCUT2D eigenvalue weighted by Crippen LogP contribution is 2.34. The summed E-state index contributed by atoms with van der Waals surface area (Å²) in [5.74, 6) is -0.971. The average molecular weight is 318 g/mol. The Morgan fingerprint density at radius 2 is 2.12 bits per heavy atom. The van der Waals surface area contributed by atoms with Crippen molar-refractivity contribution in [3.8, 4) is 10.4 Å². The maximum Gasteiger partial charge on any atom is 0.335 e. The number of rotatable bonds is 2. The number of benzene rings is 1. The molecule has 2 rings (SSSR count). The Bertz CT molecular complexity index is 551. The van der Waals surface area contributed by atoms with Crippen LogP contribution >= 0.6 is 38.9 Å². The SMILES string of the molecule is O=C(O)c1ccc(-c2cc(Br)cs2)c(Cl)c1. The molecule has 82 valence electrons. The third-order valence-electron chi connectivity index (χ3n) is 2.05. The molecule has 0 aliphatic carbocycles. The number of carbonyl (C=O) groups is 1. The first-order valence-electron chi connectivity index (χ1n) is 4.35. The van der Waals surface area contributed by atoms with Gasteiger partial charge in [-0.15, -0.1) is 11.3 Å². The normalized spacial score (nSPS) is 10.4. The summed E-state index contributed by atoms with van der Waals surface area (Å²) in [4.78, 5) is 11.7. The molecule has 0 aliphatic heterocycles. The number of carboxylic acids is 1. The molecule has 1 aromatic heterocycles. The molecule has 0 fully saturated rings. The molecule has 1 aromatic carbocycles. The lowest BCUT2D eigenvalue weighted by Crippen LogP contribution is -1.95. The van der Waals surface area contributed by atoms with Gasteiger partial charge in [0.2, 0.25) is 0 Å². The molecule has 2 aromatic rings. The van der Waals surface area contributed by atoms with E-state index in [2.05, 4.69) is 15.9 Å². The van der Waals surface area contributed by atoms with E-state index >= 15 is 0 Å². The van der Waals surface area contributed by atoms with Crippen molar-refractivity contribution in [1.82, 2.24) is 0 Å². The van der Waals surface area contributed by atoms with Crippen LogP contribution in [0.4, 0.5) is 0 Å². The summed E-state index contributed by atoms with van der Waals surface area (Å²) in [6.07, 6.45) is 0. The Morgan fingerprint density at radius 3 is 2.62 bits per heavy atom. The van der Waals surface area contributed by atoms with Crippen molar-refractivity contribution in [2.24, 2.45) is 0 Å². The fraction of sp³-hybridized carbons (Fsp3) is 0. The lowest BCUT2D eigenvalue weighted by molar-refractivity contribution is 0.0697. The van der Waals surface area contributed by atoms with Crippen LogP contribution in [0.5, 0.6) is 0 Å². The summed E-state index contributed by atoms with van der Waals surface area (Å²) < 4.78 is 0.992. The summed E-state index contributed by atoms with van der Waals surface area (Å²) in [5.41, 5.74) is 1.05. The molecule has 0 spiro atoms. The van der Waals surface area contributed by atoms with Crippen LogP contribution in [0.1, 0.15) is 10.4 Å². The quantitative estimate of drug-likeness (QED) is 0.883. The van der Waals surface area contributed by atoms with Gasteiger partial charge in [0, 0.05) is 20.3 Å². The van der Waals surface area contributed by atoms with Gasteiger partial charge in [0.05, 0.1) is 10.6 Å². The van der Waals surface area contributed by atoms with Crippen LogP contribution in [-0.2, 0) is 0 Å². The summed E-state index contributed by atoms with van der Waals surface area (Å²) in [5, 5.41) is 11.2. The monoisotopic (exact) mass is 316 g/mol. The van der Waals surface area contributed by atoms with E-state index in [1.807, 2.05) is 11.4 Å². The van der Waals surface area contributed by atoms with Crippen LogP contribution < -0.4 is 0 Å². The molecule has 2 nitrogen and oxygen atoms in total. The van der Waals surface area contributed by atoms with Crippen molar-refractivity contribution >= 4 is 44.8 Å². The molecule has 1 N–H and O–H groups in total. The molecule has 0 aliphatic rings. The van der Waals surface area contributed by atoms with E-state index in [0.717, 1.165) is 14.9 Å². The molecule has 0 atom stereocenters. The van der Waals surface area contributed by atoms with Gasteiger partial charge >= 0.3 is 5.97 Å². The van der Waals surface area contributed by atoms with Crippen LogP contribution in [0, 0.1) is 0 Å². The summed E-state index contributed by atoms with van der Waals surface area (Å²) in [6.45, 7) is 0. The Balaban J connectivity index is 2.47. The highest BCUT2D eigenvalue weighted by molar-refractivity contribution is 9.10. The van der Waals surface area contributed by atoms with E-state index in [4.69, 9.17) is 16.7 Å². The lowest BCUT2D eigenvalue weighted by Gasteiger charge is -2.02. The number of hydrogen-bond acceptors (Lipinski definition) is 2. The van der Waals surface area contributed by atoms with E-state index in [1.165, 1.54) is 6.07 Å². The van der Waals surface area contributed by atoms with Gasteiger partial charge in [0.25, 0.3) is 0 Å².